The minimum absolute atomic E-state index is 0.0475. The molecule has 0 bridgehead atoms. The van der Waals surface area contributed by atoms with Gasteiger partial charge in [0.1, 0.15) is 49.0 Å². The van der Waals surface area contributed by atoms with E-state index >= 15 is 0 Å². The van der Waals surface area contributed by atoms with Crippen molar-refractivity contribution in [3.63, 3.8) is 0 Å². The Morgan fingerprint density at radius 3 is 2.24 bits per heavy atom. The highest BCUT2D eigenvalue weighted by Gasteiger charge is 2.70. The molecule has 0 aromatic carbocycles. The predicted molar refractivity (Wildman–Crippen MR) is 221 cm³/mol. The number of allylic oxidation sites excluding steroid dienone is 1. The van der Waals surface area contributed by atoms with Crippen LogP contribution in [0.4, 0.5) is 0 Å². The van der Waals surface area contributed by atoms with Gasteiger partial charge in [0.05, 0.1) is 42.7 Å². The molecule has 6 fully saturated rings. The third-order valence-electron chi connectivity index (χ3n) is 16.6. The predicted octanol–water partition coefficient (Wildman–Crippen LogP) is 1.98. The number of aliphatic hydroxyl groups is 6. The van der Waals surface area contributed by atoms with Crippen LogP contribution in [-0.4, -0.2) is 168 Å². The Kier molecular flexibility index (Phi) is 14.8. The van der Waals surface area contributed by atoms with Gasteiger partial charge in [0.2, 0.25) is 0 Å². The number of carbonyl (C=O) groups excluding carboxylic acids is 2. The molecule has 0 aromatic rings. The van der Waals surface area contributed by atoms with Crippen molar-refractivity contribution in [1.29, 1.82) is 0 Å². The number of esters is 1. The molecular weight excluding hydrogens is 824 g/mol. The average molecular weight is 897 g/mol. The number of rotatable bonds is 13. The van der Waals surface area contributed by atoms with Crippen molar-refractivity contribution < 1.29 is 82.9 Å². The fourth-order valence-corrected chi connectivity index (χ4v) is 12.8. The van der Waals surface area contributed by atoms with E-state index in [2.05, 4.69) is 13.8 Å². The molecule has 7 aliphatic rings. The van der Waals surface area contributed by atoms with Gasteiger partial charge in [0, 0.05) is 37.5 Å². The fraction of sp³-hybridized carbons (Fsp3) is 0.870. The molecule has 0 aromatic heterocycles. The van der Waals surface area contributed by atoms with Crippen molar-refractivity contribution in [3.05, 3.63) is 22.8 Å². The Morgan fingerprint density at radius 1 is 0.873 bits per heavy atom. The lowest BCUT2D eigenvalue weighted by atomic mass is 9.51. The summed E-state index contributed by atoms with van der Waals surface area (Å²) in [7, 11) is 3.01. The summed E-state index contributed by atoms with van der Waals surface area (Å²) in [5.41, 5.74) is -0.0926. The molecule has 0 spiro atoms. The summed E-state index contributed by atoms with van der Waals surface area (Å²) in [6, 6.07) is 0. The first kappa shape index (κ1) is 49.0. The zero-order chi connectivity index (χ0) is 45.9. The van der Waals surface area contributed by atoms with Crippen LogP contribution in [0.5, 0.6) is 0 Å². The molecule has 3 saturated carbocycles. The van der Waals surface area contributed by atoms with Crippen molar-refractivity contribution >= 4 is 12.3 Å². The number of carbonyl (C=O) groups is 2. The Bertz CT molecular complexity index is 1710. The Labute approximate surface area is 370 Å². The van der Waals surface area contributed by atoms with Crippen LogP contribution < -0.4 is 0 Å². The van der Waals surface area contributed by atoms with E-state index in [4.69, 9.17) is 42.6 Å². The molecule has 0 amide bonds. The number of aliphatic hydroxyl groups excluding tert-OH is 5. The van der Waals surface area contributed by atoms with Crippen molar-refractivity contribution in [2.24, 2.45) is 28.6 Å². The largest absolute Gasteiger partial charge is 0.453 e. The van der Waals surface area contributed by atoms with Gasteiger partial charge >= 0.3 is 5.97 Å². The van der Waals surface area contributed by atoms with Crippen LogP contribution >= 0.6 is 0 Å². The molecule has 0 radical (unpaired) electrons. The lowest BCUT2D eigenvalue weighted by molar-refractivity contribution is -0.343. The highest BCUT2D eigenvalue weighted by atomic mass is 16.7. The van der Waals surface area contributed by atoms with Crippen molar-refractivity contribution in [2.75, 3.05) is 20.8 Å². The van der Waals surface area contributed by atoms with E-state index in [0.29, 0.717) is 43.3 Å². The maximum Gasteiger partial charge on any atom is 0.333 e. The van der Waals surface area contributed by atoms with Gasteiger partial charge in [-0.1, -0.05) is 25.5 Å². The Hall–Kier alpha value is -1.94. The maximum atomic E-state index is 13.3. The topological polar surface area (TPSA) is 239 Å². The monoisotopic (exact) mass is 896 g/mol. The van der Waals surface area contributed by atoms with Crippen LogP contribution in [-0.2, 0) is 52.2 Å². The van der Waals surface area contributed by atoms with Gasteiger partial charge in [-0.25, -0.2) is 4.79 Å². The SMILES string of the molecule is C/C=C(\C)C(=O)O[C@H]1[C@H](OC)[C@@H](O)[C@H](O[C@@H]2[C@@H](C)O[C@@H](O[C@H]3CC[C@@]4(C)C(=C(C=O)[C@@H]5[C@@H]4CC[C@]4(C)[C@@H]([C@H](C)O[C@@H]6O[C@H](CO)[C@@H](O)[C@H](O)[C@H]6O)CC[C@]54O)C3)C[C@H]2OC)O[C@@H]1C. The van der Waals surface area contributed by atoms with Gasteiger partial charge in [-0.05, 0) is 102 Å². The van der Waals surface area contributed by atoms with Crippen LogP contribution in [0.2, 0.25) is 0 Å². The van der Waals surface area contributed by atoms with Gasteiger partial charge in [-0.15, -0.1) is 0 Å². The summed E-state index contributed by atoms with van der Waals surface area (Å²) in [5, 5.41) is 65.4. The molecule has 0 unspecified atom stereocenters. The molecule has 22 atom stereocenters. The van der Waals surface area contributed by atoms with Crippen molar-refractivity contribution in [2.45, 2.75) is 204 Å². The summed E-state index contributed by atoms with van der Waals surface area (Å²) in [4.78, 5) is 25.9. The van der Waals surface area contributed by atoms with Crippen LogP contribution in [0.1, 0.15) is 99.8 Å². The van der Waals surface area contributed by atoms with E-state index in [0.717, 1.165) is 31.1 Å². The number of methoxy groups -OCH3 is 2. The van der Waals surface area contributed by atoms with Crippen LogP contribution in [0.15, 0.2) is 22.8 Å². The smallest absolute Gasteiger partial charge is 0.333 e. The molecule has 4 aliphatic carbocycles. The fourth-order valence-electron chi connectivity index (χ4n) is 12.8. The normalized spacial score (nSPS) is 49.5. The number of hydrogen-bond acceptors (Lipinski definition) is 17. The third-order valence-corrected chi connectivity index (χ3v) is 16.6. The first-order valence-electron chi connectivity index (χ1n) is 22.9. The molecule has 3 aliphatic heterocycles. The summed E-state index contributed by atoms with van der Waals surface area (Å²) in [5.74, 6) is -1.06. The molecule has 17 heteroatoms. The van der Waals surface area contributed by atoms with Gasteiger partial charge in [0.15, 0.2) is 25.0 Å². The lowest BCUT2D eigenvalue weighted by Gasteiger charge is -2.56. The summed E-state index contributed by atoms with van der Waals surface area (Å²) in [6.45, 7) is 12.5. The number of aldehydes is 1. The first-order chi connectivity index (χ1) is 29.8. The zero-order valence-corrected chi connectivity index (χ0v) is 38.2. The van der Waals surface area contributed by atoms with E-state index in [-0.39, 0.29) is 23.4 Å². The molecule has 3 saturated heterocycles. The zero-order valence-electron chi connectivity index (χ0n) is 38.2. The second kappa shape index (κ2) is 19.0. The molecule has 358 valence electrons. The Morgan fingerprint density at radius 2 is 1.59 bits per heavy atom. The van der Waals surface area contributed by atoms with Crippen LogP contribution in [0, 0.1) is 28.6 Å². The highest BCUT2D eigenvalue weighted by molar-refractivity contribution is 5.87. The van der Waals surface area contributed by atoms with E-state index in [1.807, 2.05) is 13.8 Å². The van der Waals surface area contributed by atoms with Gasteiger partial charge < -0.3 is 73.3 Å². The standard InChI is InChI=1S/C46H72O17/c1-10-21(2)41(53)62-39-24(5)59-43(37(52)40(39)56-9)63-38-23(4)57-32(18-30(38)55-8)60-25-11-14-44(6)28-12-15-45(7)27(13-16-46(45,54)33(28)26(19-47)29(44)17-25)22(3)58-42-36(51)35(50)34(49)31(20-48)61-42/h10,19,22-25,27-28,30-40,42-43,48-52,54H,11-18,20H2,1-9H3/b21-10+/t22-,23+,24+,25-,27+,28-,30+,31+,32-,33+,34+,35-,36+,37+,38+,39+,40+,42+,43-,44+,45+,46-/m0/s1. The van der Waals surface area contributed by atoms with E-state index in [9.17, 15) is 40.2 Å². The van der Waals surface area contributed by atoms with E-state index in [1.165, 1.54) is 7.11 Å². The van der Waals surface area contributed by atoms with Gasteiger partial charge in [0.25, 0.3) is 0 Å². The minimum Gasteiger partial charge on any atom is -0.453 e. The molecule has 63 heavy (non-hydrogen) atoms. The van der Waals surface area contributed by atoms with E-state index in [1.54, 1.807) is 34.0 Å². The van der Waals surface area contributed by atoms with Crippen molar-refractivity contribution in [1.82, 2.24) is 0 Å². The van der Waals surface area contributed by atoms with E-state index < -0.39 is 122 Å². The molecule has 6 N–H and O–H groups in total. The highest BCUT2D eigenvalue weighted by Crippen LogP contribution is 2.71. The number of fused-ring (bicyclic) bond motifs is 5. The van der Waals surface area contributed by atoms with Gasteiger partial charge in [-0.2, -0.15) is 0 Å². The third kappa shape index (κ3) is 8.42. The molecule has 3 heterocycles. The summed E-state index contributed by atoms with van der Waals surface area (Å²) in [6.07, 6.45) is -7.58. The maximum absolute atomic E-state index is 13.3. The van der Waals surface area contributed by atoms with Gasteiger partial charge in [-0.3, -0.25) is 4.79 Å². The number of hydrogen-bond donors (Lipinski definition) is 6. The molecular formula is C46H72O17. The first-order valence-corrected chi connectivity index (χ1v) is 22.9. The Balaban J connectivity index is 1.01. The average Bonchev–Trinajstić information content (AvgIpc) is 3.69. The minimum atomic E-state index is -1.56. The summed E-state index contributed by atoms with van der Waals surface area (Å²) < 4.78 is 54.7. The van der Waals surface area contributed by atoms with Crippen LogP contribution in [0.3, 0.4) is 0 Å². The quantitative estimate of drug-likeness (QED) is 0.0881. The molecule has 7 rings (SSSR count). The molecule has 17 nitrogen and oxygen atoms in total. The second-order valence-electron chi connectivity index (χ2n) is 19.7. The van der Waals surface area contributed by atoms with Crippen LogP contribution in [0.25, 0.3) is 0 Å². The number of ether oxygens (including phenoxy) is 9. The second-order valence-corrected chi connectivity index (χ2v) is 19.7. The lowest BCUT2D eigenvalue weighted by Crippen LogP contribution is -2.62. The van der Waals surface area contributed by atoms with Crippen molar-refractivity contribution in [3.8, 4) is 0 Å². The summed E-state index contributed by atoms with van der Waals surface area (Å²) >= 11 is 0.